The number of ether oxygens (including phenoxy) is 1. The molecule has 5 rings (SSSR count). The number of fused-ring (bicyclic) bond motifs is 7. The zero-order valence-electron chi connectivity index (χ0n) is 15.7. The molecule has 1 saturated heterocycles. The van der Waals surface area contributed by atoms with Gasteiger partial charge in [0.05, 0.1) is 18.8 Å². The lowest BCUT2D eigenvalue weighted by Gasteiger charge is -2.57. The molecule has 0 amide bonds. The van der Waals surface area contributed by atoms with Gasteiger partial charge in [-0.25, -0.2) is 0 Å². The zero-order valence-corrected chi connectivity index (χ0v) is 15.7. The Labute approximate surface area is 151 Å². The lowest BCUT2D eigenvalue weighted by Crippen LogP contribution is -2.51. The molecule has 0 radical (unpaired) electrons. The topological polar surface area (TPSA) is 46.5 Å². The van der Waals surface area contributed by atoms with Crippen LogP contribution in [0.25, 0.3) is 0 Å². The van der Waals surface area contributed by atoms with Crippen molar-refractivity contribution in [1.82, 2.24) is 0 Å². The largest absolute Gasteiger partial charge is 0.393 e. The van der Waals surface area contributed by atoms with Crippen molar-refractivity contribution in [3.63, 3.8) is 0 Å². The second-order valence-corrected chi connectivity index (χ2v) is 10.0. The Morgan fingerprint density at radius 1 is 1.20 bits per heavy atom. The number of carbonyl (C=O) groups is 1. The molecule has 3 saturated carbocycles. The molecular formula is C22H32O3. The second-order valence-electron chi connectivity index (χ2n) is 10.0. The third-order valence-corrected chi connectivity index (χ3v) is 9.11. The van der Waals surface area contributed by atoms with Crippen LogP contribution in [-0.4, -0.2) is 29.7 Å². The molecule has 3 heteroatoms. The predicted octanol–water partition coefficient (Wildman–Crippen LogP) is 3.89. The number of aliphatic hydroxyl groups is 1. The number of aliphatic hydroxyl groups excluding tert-OH is 1. The van der Waals surface area contributed by atoms with Crippen LogP contribution in [0.5, 0.6) is 0 Å². The highest BCUT2D eigenvalue weighted by molar-refractivity contribution is 5.83. The first-order valence-electron chi connectivity index (χ1n) is 10.5. The van der Waals surface area contributed by atoms with Gasteiger partial charge >= 0.3 is 0 Å². The van der Waals surface area contributed by atoms with Crippen LogP contribution in [0.2, 0.25) is 0 Å². The third-order valence-electron chi connectivity index (χ3n) is 9.11. The SMILES string of the molecule is C[C@]12CCC3C(CC=C4CC(O)CC[C@@]43C)C1CC1OCCC(=O)C12. The maximum atomic E-state index is 12.7. The van der Waals surface area contributed by atoms with Gasteiger partial charge in [0.1, 0.15) is 5.78 Å². The normalized spacial score (nSPS) is 54.8. The zero-order chi connectivity index (χ0) is 17.4. The highest BCUT2D eigenvalue weighted by Crippen LogP contribution is 2.67. The fraction of sp³-hybridized carbons (Fsp3) is 0.864. The highest BCUT2D eigenvalue weighted by atomic mass is 16.5. The third kappa shape index (κ3) is 2.15. The number of allylic oxidation sites excluding steroid dienone is 1. The van der Waals surface area contributed by atoms with Crippen LogP contribution in [0, 0.1) is 34.5 Å². The van der Waals surface area contributed by atoms with E-state index in [2.05, 4.69) is 19.9 Å². The van der Waals surface area contributed by atoms with Crippen molar-refractivity contribution in [3.05, 3.63) is 11.6 Å². The van der Waals surface area contributed by atoms with E-state index in [-0.39, 0.29) is 29.0 Å². The van der Waals surface area contributed by atoms with Gasteiger partial charge in [0.2, 0.25) is 0 Å². The van der Waals surface area contributed by atoms with Gasteiger partial charge in [-0.3, -0.25) is 4.79 Å². The van der Waals surface area contributed by atoms with Gasteiger partial charge in [0.25, 0.3) is 0 Å². The van der Waals surface area contributed by atoms with Gasteiger partial charge in [0.15, 0.2) is 0 Å². The summed E-state index contributed by atoms with van der Waals surface area (Å²) in [6.07, 6.45) is 10.8. The molecule has 0 spiro atoms. The molecule has 0 aromatic heterocycles. The van der Waals surface area contributed by atoms with E-state index in [0.29, 0.717) is 30.6 Å². The summed E-state index contributed by atoms with van der Waals surface area (Å²) < 4.78 is 6.09. The van der Waals surface area contributed by atoms with E-state index in [4.69, 9.17) is 4.74 Å². The van der Waals surface area contributed by atoms with Crippen LogP contribution in [0.1, 0.15) is 65.2 Å². The first-order valence-corrected chi connectivity index (χ1v) is 10.5. The molecule has 8 atom stereocenters. The summed E-state index contributed by atoms with van der Waals surface area (Å²) in [6, 6.07) is 0. The molecule has 1 heterocycles. The molecule has 4 fully saturated rings. The molecule has 25 heavy (non-hydrogen) atoms. The summed E-state index contributed by atoms with van der Waals surface area (Å²) >= 11 is 0. The fourth-order valence-electron chi connectivity index (χ4n) is 7.84. The number of rotatable bonds is 0. The molecular weight excluding hydrogens is 312 g/mol. The van der Waals surface area contributed by atoms with Crippen molar-refractivity contribution in [2.45, 2.75) is 77.4 Å². The van der Waals surface area contributed by atoms with Crippen molar-refractivity contribution in [1.29, 1.82) is 0 Å². The Morgan fingerprint density at radius 2 is 2.04 bits per heavy atom. The van der Waals surface area contributed by atoms with Gasteiger partial charge in [-0.1, -0.05) is 25.5 Å². The molecule has 0 aromatic rings. The summed E-state index contributed by atoms with van der Waals surface area (Å²) in [6.45, 7) is 5.50. The smallest absolute Gasteiger partial charge is 0.141 e. The first kappa shape index (κ1) is 16.5. The average Bonchev–Trinajstić information content (AvgIpc) is 2.89. The van der Waals surface area contributed by atoms with E-state index in [9.17, 15) is 9.90 Å². The number of hydrogen-bond acceptors (Lipinski definition) is 3. The highest BCUT2D eigenvalue weighted by Gasteiger charge is 2.63. The van der Waals surface area contributed by atoms with E-state index in [1.165, 1.54) is 18.4 Å². The molecule has 6 unspecified atom stereocenters. The predicted molar refractivity (Wildman–Crippen MR) is 95.9 cm³/mol. The van der Waals surface area contributed by atoms with Crippen molar-refractivity contribution in [3.8, 4) is 0 Å². The molecule has 3 nitrogen and oxygen atoms in total. The van der Waals surface area contributed by atoms with Gasteiger partial charge in [-0.05, 0) is 73.5 Å². The first-order chi connectivity index (χ1) is 11.9. The quantitative estimate of drug-likeness (QED) is 0.678. The van der Waals surface area contributed by atoms with E-state index >= 15 is 0 Å². The molecule has 1 N–H and O–H groups in total. The second kappa shape index (κ2) is 5.42. The number of carbonyl (C=O) groups excluding carboxylic acids is 1. The van der Waals surface area contributed by atoms with Crippen LogP contribution in [-0.2, 0) is 9.53 Å². The summed E-state index contributed by atoms with van der Waals surface area (Å²) in [5.41, 5.74) is 1.96. The van der Waals surface area contributed by atoms with E-state index in [0.717, 1.165) is 38.0 Å². The summed E-state index contributed by atoms with van der Waals surface area (Å²) in [5, 5.41) is 10.1. The Morgan fingerprint density at radius 3 is 2.88 bits per heavy atom. The Kier molecular flexibility index (Phi) is 3.58. The Bertz CT molecular complexity index is 625. The lowest BCUT2D eigenvalue weighted by molar-refractivity contribution is -0.143. The maximum absolute atomic E-state index is 12.7. The van der Waals surface area contributed by atoms with Crippen molar-refractivity contribution >= 4 is 5.78 Å². The molecule has 4 aliphatic carbocycles. The summed E-state index contributed by atoms with van der Waals surface area (Å²) in [4.78, 5) is 12.7. The standard InChI is InChI=1S/C22H32O3/c1-21-8-5-14(23)11-13(21)3-4-15-16(21)6-9-22(2)17(15)12-19-20(22)18(24)7-10-25-19/h3,14-17,19-20,23H,4-12H2,1-2H3/t14?,15?,16?,17?,19?,20?,21-,22-/m0/s1. The summed E-state index contributed by atoms with van der Waals surface area (Å²) in [7, 11) is 0. The fourth-order valence-corrected chi connectivity index (χ4v) is 7.84. The van der Waals surface area contributed by atoms with Gasteiger partial charge < -0.3 is 9.84 Å². The maximum Gasteiger partial charge on any atom is 0.141 e. The lowest BCUT2D eigenvalue weighted by atomic mass is 9.47. The number of hydrogen-bond donors (Lipinski definition) is 1. The molecule has 138 valence electrons. The minimum atomic E-state index is -0.134. The van der Waals surface area contributed by atoms with Crippen molar-refractivity contribution < 1.29 is 14.6 Å². The van der Waals surface area contributed by atoms with E-state index < -0.39 is 0 Å². The molecule has 0 bridgehead atoms. The number of Topliss-reactive ketones (excluding diaryl/α,β-unsaturated/α-hetero) is 1. The van der Waals surface area contributed by atoms with E-state index in [1.54, 1.807) is 0 Å². The molecule has 1 aliphatic heterocycles. The van der Waals surface area contributed by atoms with Crippen LogP contribution in [0.15, 0.2) is 11.6 Å². The molecule has 0 aromatic carbocycles. The van der Waals surface area contributed by atoms with Crippen LogP contribution in [0.3, 0.4) is 0 Å². The van der Waals surface area contributed by atoms with Gasteiger partial charge in [-0.15, -0.1) is 0 Å². The van der Waals surface area contributed by atoms with Crippen LogP contribution >= 0.6 is 0 Å². The monoisotopic (exact) mass is 344 g/mol. The number of ketones is 1. The minimum Gasteiger partial charge on any atom is -0.393 e. The molecule has 5 aliphatic rings. The Hall–Kier alpha value is -0.670. The van der Waals surface area contributed by atoms with Crippen molar-refractivity contribution in [2.75, 3.05) is 6.61 Å². The van der Waals surface area contributed by atoms with Gasteiger partial charge in [-0.2, -0.15) is 0 Å². The minimum absolute atomic E-state index is 0.134. The van der Waals surface area contributed by atoms with Gasteiger partial charge in [0, 0.05) is 12.3 Å². The van der Waals surface area contributed by atoms with Crippen molar-refractivity contribution in [2.24, 2.45) is 34.5 Å². The van der Waals surface area contributed by atoms with Crippen LogP contribution in [0.4, 0.5) is 0 Å². The van der Waals surface area contributed by atoms with E-state index in [1.807, 2.05) is 0 Å². The Balaban J connectivity index is 1.50. The average molecular weight is 344 g/mol. The summed E-state index contributed by atoms with van der Waals surface area (Å²) in [5.74, 6) is 2.68. The van der Waals surface area contributed by atoms with Crippen LogP contribution < -0.4 is 0 Å².